The van der Waals surface area contributed by atoms with E-state index in [2.05, 4.69) is 23.7 Å². The summed E-state index contributed by atoms with van der Waals surface area (Å²) >= 11 is 0. The SMILES string of the molecule is COC(=O)c1ccc(C2C3=C(CC(C)(C)CC3=O)Nc3nc4ccccc4n32)cc1. The average molecular weight is 401 g/mol. The Labute approximate surface area is 174 Å². The molecule has 1 unspecified atom stereocenters. The Morgan fingerprint density at radius 3 is 2.60 bits per heavy atom. The van der Waals surface area contributed by atoms with Crippen LogP contribution < -0.4 is 5.32 Å². The van der Waals surface area contributed by atoms with Gasteiger partial charge in [0.1, 0.15) is 0 Å². The number of nitrogens with one attached hydrogen (secondary N) is 1. The maximum absolute atomic E-state index is 13.3. The Bertz CT molecular complexity index is 1220. The number of aromatic nitrogens is 2. The van der Waals surface area contributed by atoms with Gasteiger partial charge in [0.05, 0.1) is 29.7 Å². The fourth-order valence-corrected chi connectivity index (χ4v) is 4.66. The molecule has 0 saturated heterocycles. The number of nitrogens with zero attached hydrogens (tertiary/aromatic N) is 2. The predicted molar refractivity (Wildman–Crippen MR) is 114 cm³/mol. The zero-order chi connectivity index (χ0) is 21.0. The lowest BCUT2D eigenvalue weighted by Crippen LogP contribution is -2.36. The molecule has 6 nitrogen and oxygen atoms in total. The second-order valence-electron chi connectivity index (χ2n) is 8.77. The van der Waals surface area contributed by atoms with Crippen LogP contribution in [-0.4, -0.2) is 28.4 Å². The van der Waals surface area contributed by atoms with E-state index in [1.165, 1.54) is 7.11 Å². The number of para-hydroxylation sites is 2. The Balaban J connectivity index is 1.72. The van der Waals surface area contributed by atoms with Crippen molar-refractivity contribution in [2.45, 2.75) is 32.7 Å². The maximum Gasteiger partial charge on any atom is 0.337 e. The van der Waals surface area contributed by atoms with Gasteiger partial charge in [0.25, 0.3) is 0 Å². The number of imidazole rings is 1. The third-order valence-electron chi connectivity index (χ3n) is 5.96. The molecule has 0 bridgehead atoms. The summed E-state index contributed by atoms with van der Waals surface area (Å²) in [6.45, 7) is 4.24. The Morgan fingerprint density at radius 1 is 1.13 bits per heavy atom. The molecule has 2 heterocycles. The van der Waals surface area contributed by atoms with E-state index in [9.17, 15) is 9.59 Å². The van der Waals surface area contributed by atoms with Crippen LogP contribution in [-0.2, 0) is 9.53 Å². The maximum atomic E-state index is 13.3. The van der Waals surface area contributed by atoms with Crippen LogP contribution in [0.4, 0.5) is 5.95 Å². The van der Waals surface area contributed by atoms with Gasteiger partial charge in [0.15, 0.2) is 5.78 Å². The van der Waals surface area contributed by atoms with Gasteiger partial charge < -0.3 is 10.1 Å². The number of hydrogen-bond donors (Lipinski definition) is 1. The van der Waals surface area contributed by atoms with Crippen molar-refractivity contribution in [2.24, 2.45) is 5.41 Å². The highest BCUT2D eigenvalue weighted by Gasteiger charge is 2.41. The van der Waals surface area contributed by atoms with Crippen LogP contribution in [0.1, 0.15) is 48.7 Å². The fraction of sp³-hybridized carbons (Fsp3) is 0.292. The lowest BCUT2D eigenvalue weighted by Gasteiger charge is -2.39. The second kappa shape index (κ2) is 6.55. The molecule has 1 atom stereocenters. The number of rotatable bonds is 2. The molecule has 1 aromatic heterocycles. The predicted octanol–water partition coefficient (Wildman–Crippen LogP) is 4.48. The standard InChI is InChI=1S/C24H23N3O3/c1-24(2)12-17-20(19(28)13-24)21(14-8-10-15(11-9-14)22(29)30-3)27-18-7-5-4-6-16(18)25-23(27)26-17/h4-11,21H,12-13H2,1-3H3,(H,25,26). The molecule has 2 aromatic carbocycles. The number of carbonyl (C=O) groups excluding carboxylic acids is 2. The number of methoxy groups -OCH3 is 1. The first-order chi connectivity index (χ1) is 14.4. The first-order valence-electron chi connectivity index (χ1n) is 10.1. The van der Waals surface area contributed by atoms with E-state index < -0.39 is 0 Å². The molecule has 1 aliphatic heterocycles. The van der Waals surface area contributed by atoms with E-state index in [1.807, 2.05) is 36.4 Å². The fourth-order valence-electron chi connectivity index (χ4n) is 4.66. The summed E-state index contributed by atoms with van der Waals surface area (Å²) < 4.78 is 6.92. The van der Waals surface area contributed by atoms with Crippen LogP contribution in [0.3, 0.4) is 0 Å². The molecule has 152 valence electrons. The molecular weight excluding hydrogens is 378 g/mol. The lowest BCUT2D eigenvalue weighted by molar-refractivity contribution is -0.118. The number of Topliss-reactive ketones (excluding diaryl/α,β-unsaturated/α-hetero) is 1. The van der Waals surface area contributed by atoms with Crippen molar-refractivity contribution in [1.82, 2.24) is 9.55 Å². The molecule has 1 aliphatic carbocycles. The van der Waals surface area contributed by atoms with E-state index in [0.29, 0.717) is 12.0 Å². The number of carbonyl (C=O) groups is 2. The number of fused-ring (bicyclic) bond motifs is 3. The van der Waals surface area contributed by atoms with Gasteiger partial charge in [-0.05, 0) is 41.7 Å². The number of ketones is 1. The Kier molecular flexibility index (Phi) is 4.07. The minimum absolute atomic E-state index is 0.101. The number of benzene rings is 2. The normalized spacial score (nSPS) is 19.8. The van der Waals surface area contributed by atoms with Crippen molar-refractivity contribution < 1.29 is 14.3 Å². The third kappa shape index (κ3) is 2.83. The summed E-state index contributed by atoms with van der Waals surface area (Å²) in [6, 6.07) is 14.9. The highest BCUT2D eigenvalue weighted by molar-refractivity contribution is 6.01. The van der Waals surface area contributed by atoms with Crippen molar-refractivity contribution in [3.8, 4) is 0 Å². The average Bonchev–Trinajstić information content (AvgIpc) is 3.09. The number of allylic oxidation sites excluding steroid dienone is 2. The third-order valence-corrected chi connectivity index (χ3v) is 5.96. The van der Waals surface area contributed by atoms with Gasteiger partial charge in [-0.25, -0.2) is 9.78 Å². The van der Waals surface area contributed by atoms with E-state index in [0.717, 1.165) is 40.2 Å². The van der Waals surface area contributed by atoms with Crippen LogP contribution in [0.2, 0.25) is 0 Å². The quantitative estimate of drug-likeness (QED) is 0.641. The molecule has 6 heteroatoms. The molecule has 0 fully saturated rings. The molecular formula is C24H23N3O3. The summed E-state index contributed by atoms with van der Waals surface area (Å²) in [5, 5.41) is 3.45. The number of ether oxygens (including phenoxy) is 1. The van der Waals surface area contributed by atoms with Crippen LogP contribution in [0, 0.1) is 5.41 Å². The molecule has 30 heavy (non-hydrogen) atoms. The molecule has 0 amide bonds. The molecule has 3 aromatic rings. The largest absolute Gasteiger partial charge is 0.465 e. The Morgan fingerprint density at radius 2 is 1.87 bits per heavy atom. The molecule has 1 N–H and O–H groups in total. The second-order valence-corrected chi connectivity index (χ2v) is 8.77. The van der Waals surface area contributed by atoms with Crippen molar-refractivity contribution >= 4 is 28.7 Å². The van der Waals surface area contributed by atoms with Crippen LogP contribution in [0.5, 0.6) is 0 Å². The zero-order valence-electron chi connectivity index (χ0n) is 17.2. The summed E-state index contributed by atoms with van der Waals surface area (Å²) in [6.07, 6.45) is 1.29. The Hall–Kier alpha value is -3.41. The van der Waals surface area contributed by atoms with Crippen molar-refractivity contribution in [1.29, 1.82) is 0 Å². The minimum Gasteiger partial charge on any atom is -0.465 e. The van der Waals surface area contributed by atoms with Gasteiger partial charge >= 0.3 is 5.97 Å². The number of hydrogen-bond acceptors (Lipinski definition) is 5. The van der Waals surface area contributed by atoms with Gasteiger partial charge in [0, 0.05) is 17.7 Å². The summed E-state index contributed by atoms with van der Waals surface area (Å²) in [5.74, 6) is 0.512. The van der Waals surface area contributed by atoms with Crippen LogP contribution in [0.25, 0.3) is 11.0 Å². The van der Waals surface area contributed by atoms with E-state index in [4.69, 9.17) is 9.72 Å². The summed E-state index contributed by atoms with van der Waals surface area (Å²) in [7, 11) is 1.37. The van der Waals surface area contributed by atoms with Crippen molar-refractivity contribution in [3.63, 3.8) is 0 Å². The lowest BCUT2D eigenvalue weighted by atomic mass is 9.73. The smallest absolute Gasteiger partial charge is 0.337 e. The first-order valence-corrected chi connectivity index (χ1v) is 10.1. The van der Waals surface area contributed by atoms with E-state index >= 15 is 0 Å². The van der Waals surface area contributed by atoms with Crippen LogP contribution >= 0.6 is 0 Å². The highest BCUT2D eigenvalue weighted by Crippen LogP contribution is 2.47. The molecule has 0 radical (unpaired) electrons. The monoisotopic (exact) mass is 401 g/mol. The molecule has 0 saturated carbocycles. The first kappa shape index (κ1) is 18.6. The number of anilines is 1. The van der Waals surface area contributed by atoms with Crippen molar-refractivity contribution in [2.75, 3.05) is 12.4 Å². The highest BCUT2D eigenvalue weighted by atomic mass is 16.5. The van der Waals surface area contributed by atoms with Gasteiger partial charge in [-0.1, -0.05) is 38.1 Å². The van der Waals surface area contributed by atoms with E-state index in [-0.39, 0.29) is 23.2 Å². The van der Waals surface area contributed by atoms with Gasteiger partial charge in [0.2, 0.25) is 5.95 Å². The molecule has 5 rings (SSSR count). The summed E-state index contributed by atoms with van der Waals surface area (Å²) in [5.41, 5.74) is 4.90. The van der Waals surface area contributed by atoms with E-state index in [1.54, 1.807) is 12.1 Å². The van der Waals surface area contributed by atoms with Gasteiger partial charge in [-0.3, -0.25) is 9.36 Å². The van der Waals surface area contributed by atoms with Gasteiger partial charge in [-0.2, -0.15) is 0 Å². The summed E-state index contributed by atoms with van der Waals surface area (Å²) in [4.78, 5) is 30.0. The molecule has 0 spiro atoms. The molecule has 2 aliphatic rings. The zero-order valence-corrected chi connectivity index (χ0v) is 17.2. The van der Waals surface area contributed by atoms with Gasteiger partial charge in [-0.15, -0.1) is 0 Å². The van der Waals surface area contributed by atoms with Crippen molar-refractivity contribution in [3.05, 3.63) is 70.9 Å². The topological polar surface area (TPSA) is 73.2 Å². The number of esters is 1. The van der Waals surface area contributed by atoms with Crippen LogP contribution in [0.15, 0.2) is 59.8 Å². The minimum atomic E-state index is -0.379.